The number of para-hydroxylation sites is 2. The number of ether oxygens (including phenoxy) is 1. The van der Waals surface area contributed by atoms with E-state index in [1.54, 1.807) is 24.3 Å². The highest BCUT2D eigenvalue weighted by Crippen LogP contribution is 2.22. The molecule has 0 aliphatic carbocycles. The Hall–Kier alpha value is -3.15. The molecule has 2 rings (SSSR count). The summed E-state index contributed by atoms with van der Waals surface area (Å²) >= 11 is 0. The lowest BCUT2D eigenvalue weighted by Gasteiger charge is -2.08. The number of carbonyl (C=O) groups is 2. The molecule has 2 aromatic rings. The van der Waals surface area contributed by atoms with E-state index in [9.17, 15) is 9.59 Å². The van der Waals surface area contributed by atoms with Crippen LogP contribution in [0.2, 0.25) is 0 Å². The van der Waals surface area contributed by atoms with Crippen molar-refractivity contribution in [2.24, 2.45) is 5.10 Å². The Labute approximate surface area is 127 Å². The zero-order valence-electron chi connectivity index (χ0n) is 11.9. The zero-order chi connectivity index (χ0) is 15.8. The van der Waals surface area contributed by atoms with Crippen molar-refractivity contribution in [3.8, 4) is 5.75 Å². The Morgan fingerprint density at radius 2 is 1.68 bits per heavy atom. The average molecular weight is 297 g/mol. The van der Waals surface area contributed by atoms with E-state index >= 15 is 0 Å². The lowest BCUT2D eigenvalue weighted by Crippen LogP contribution is -2.32. The van der Waals surface area contributed by atoms with E-state index in [4.69, 9.17) is 4.74 Å². The van der Waals surface area contributed by atoms with E-state index in [1.165, 1.54) is 13.3 Å². The van der Waals surface area contributed by atoms with Gasteiger partial charge in [-0.25, -0.2) is 5.43 Å². The van der Waals surface area contributed by atoms with Crippen LogP contribution in [-0.2, 0) is 9.59 Å². The van der Waals surface area contributed by atoms with Crippen molar-refractivity contribution < 1.29 is 14.3 Å². The zero-order valence-corrected chi connectivity index (χ0v) is 11.9. The smallest absolute Gasteiger partial charge is 0.329 e. The summed E-state index contributed by atoms with van der Waals surface area (Å²) in [6, 6.07) is 16.0. The van der Waals surface area contributed by atoms with Crippen LogP contribution in [0.1, 0.15) is 5.56 Å². The van der Waals surface area contributed by atoms with E-state index in [0.29, 0.717) is 11.4 Å². The quantitative estimate of drug-likeness (QED) is 0.513. The van der Waals surface area contributed by atoms with Gasteiger partial charge in [-0.05, 0) is 17.7 Å². The monoisotopic (exact) mass is 297 g/mol. The lowest BCUT2D eigenvalue weighted by molar-refractivity contribution is -0.136. The summed E-state index contributed by atoms with van der Waals surface area (Å²) in [6.07, 6.45) is 1.45. The highest BCUT2D eigenvalue weighted by atomic mass is 16.5. The number of hydrogen-bond acceptors (Lipinski definition) is 4. The first kappa shape index (κ1) is 15.2. The van der Waals surface area contributed by atoms with Crippen LogP contribution < -0.4 is 15.5 Å². The van der Waals surface area contributed by atoms with Crippen molar-refractivity contribution >= 4 is 23.7 Å². The number of nitrogens with zero attached hydrogens (tertiary/aromatic N) is 1. The maximum absolute atomic E-state index is 11.8. The Morgan fingerprint density at radius 1 is 1.00 bits per heavy atom. The third kappa shape index (κ3) is 4.17. The fourth-order valence-corrected chi connectivity index (χ4v) is 1.68. The molecule has 2 amide bonds. The first-order valence-corrected chi connectivity index (χ1v) is 6.53. The maximum atomic E-state index is 11.8. The van der Waals surface area contributed by atoms with Crippen LogP contribution in [0, 0.1) is 0 Å². The van der Waals surface area contributed by atoms with Gasteiger partial charge in [-0.15, -0.1) is 0 Å². The van der Waals surface area contributed by atoms with E-state index in [0.717, 1.165) is 5.56 Å². The van der Waals surface area contributed by atoms with E-state index in [-0.39, 0.29) is 0 Å². The molecule has 112 valence electrons. The molecule has 0 heterocycles. The summed E-state index contributed by atoms with van der Waals surface area (Å²) in [5.41, 5.74) is 3.39. The van der Waals surface area contributed by atoms with Crippen LogP contribution in [-0.4, -0.2) is 25.1 Å². The molecule has 0 saturated heterocycles. The molecule has 0 aromatic heterocycles. The summed E-state index contributed by atoms with van der Waals surface area (Å²) in [4.78, 5) is 23.4. The Kier molecular flexibility index (Phi) is 5.25. The second-order valence-electron chi connectivity index (χ2n) is 4.26. The van der Waals surface area contributed by atoms with Gasteiger partial charge in [-0.2, -0.15) is 5.10 Å². The second-order valence-corrected chi connectivity index (χ2v) is 4.26. The second kappa shape index (κ2) is 7.58. The van der Waals surface area contributed by atoms with Gasteiger partial charge in [-0.1, -0.05) is 42.5 Å². The average Bonchev–Trinajstić information content (AvgIpc) is 2.56. The van der Waals surface area contributed by atoms with Crippen molar-refractivity contribution in [1.82, 2.24) is 5.43 Å². The highest BCUT2D eigenvalue weighted by Gasteiger charge is 2.14. The highest BCUT2D eigenvalue weighted by molar-refractivity contribution is 6.39. The fraction of sp³-hybridized carbons (Fsp3) is 0.0625. The van der Waals surface area contributed by atoms with Crippen molar-refractivity contribution in [1.29, 1.82) is 0 Å². The predicted octanol–water partition coefficient (Wildman–Crippen LogP) is 1.78. The molecule has 2 N–H and O–H groups in total. The van der Waals surface area contributed by atoms with Crippen LogP contribution in [0.4, 0.5) is 5.69 Å². The number of rotatable bonds is 4. The molecule has 6 heteroatoms. The summed E-state index contributed by atoms with van der Waals surface area (Å²) < 4.78 is 5.09. The van der Waals surface area contributed by atoms with E-state index in [1.807, 2.05) is 30.3 Å². The summed E-state index contributed by atoms with van der Waals surface area (Å²) in [5.74, 6) is -1.22. The molecule has 0 aliphatic heterocycles. The standard InChI is InChI=1S/C16H15N3O3/c1-22-14-10-6-5-9-13(14)18-15(20)16(21)19-17-11-12-7-3-2-4-8-12/h2-11H,1H3,(H,18,20)(H,19,21)/b17-11-. The number of anilines is 1. The Balaban J connectivity index is 1.92. The Morgan fingerprint density at radius 3 is 2.41 bits per heavy atom. The molecule has 0 spiro atoms. The summed E-state index contributed by atoms with van der Waals surface area (Å²) in [6.45, 7) is 0. The maximum Gasteiger partial charge on any atom is 0.329 e. The molecule has 0 radical (unpaired) electrons. The van der Waals surface area contributed by atoms with Gasteiger partial charge in [0.2, 0.25) is 0 Å². The van der Waals surface area contributed by atoms with Gasteiger partial charge in [-0.3, -0.25) is 9.59 Å². The van der Waals surface area contributed by atoms with Gasteiger partial charge in [0, 0.05) is 0 Å². The molecule has 0 bridgehead atoms. The van der Waals surface area contributed by atoms with Crippen LogP contribution in [0.5, 0.6) is 5.75 Å². The van der Waals surface area contributed by atoms with Gasteiger partial charge in [0.25, 0.3) is 0 Å². The molecule has 0 fully saturated rings. The number of hydrogen-bond donors (Lipinski definition) is 2. The van der Waals surface area contributed by atoms with Crippen LogP contribution >= 0.6 is 0 Å². The molecular formula is C16H15N3O3. The van der Waals surface area contributed by atoms with Crippen molar-refractivity contribution in [3.05, 3.63) is 60.2 Å². The van der Waals surface area contributed by atoms with Crippen molar-refractivity contribution in [2.75, 3.05) is 12.4 Å². The molecule has 0 saturated carbocycles. The molecule has 0 unspecified atom stereocenters. The molecular weight excluding hydrogens is 282 g/mol. The third-order valence-electron chi connectivity index (χ3n) is 2.74. The molecule has 0 atom stereocenters. The van der Waals surface area contributed by atoms with Crippen LogP contribution in [0.25, 0.3) is 0 Å². The Bertz CT molecular complexity index is 684. The SMILES string of the molecule is COc1ccccc1NC(=O)C(=O)N/N=C\c1ccccc1. The van der Waals surface area contributed by atoms with Crippen molar-refractivity contribution in [2.45, 2.75) is 0 Å². The molecule has 2 aromatic carbocycles. The summed E-state index contributed by atoms with van der Waals surface area (Å²) in [5, 5.41) is 6.19. The number of methoxy groups -OCH3 is 1. The predicted molar refractivity (Wildman–Crippen MR) is 83.8 cm³/mol. The van der Waals surface area contributed by atoms with Gasteiger partial charge in [0.1, 0.15) is 5.75 Å². The number of amides is 2. The number of nitrogens with one attached hydrogen (secondary N) is 2. The third-order valence-corrected chi connectivity index (χ3v) is 2.74. The largest absolute Gasteiger partial charge is 0.495 e. The lowest BCUT2D eigenvalue weighted by atomic mass is 10.2. The minimum atomic E-state index is -0.863. The van der Waals surface area contributed by atoms with Crippen LogP contribution in [0.15, 0.2) is 59.7 Å². The number of hydrazone groups is 1. The molecule has 22 heavy (non-hydrogen) atoms. The normalized spacial score (nSPS) is 10.2. The topological polar surface area (TPSA) is 79.8 Å². The summed E-state index contributed by atoms with van der Waals surface area (Å²) in [7, 11) is 1.48. The first-order chi connectivity index (χ1) is 10.7. The minimum absolute atomic E-state index is 0.414. The van der Waals surface area contributed by atoms with E-state index in [2.05, 4.69) is 15.8 Å². The van der Waals surface area contributed by atoms with Gasteiger partial charge in [0.05, 0.1) is 19.0 Å². The first-order valence-electron chi connectivity index (χ1n) is 6.53. The van der Waals surface area contributed by atoms with Crippen molar-refractivity contribution in [3.63, 3.8) is 0 Å². The van der Waals surface area contributed by atoms with Gasteiger partial charge in [0.15, 0.2) is 0 Å². The number of carbonyl (C=O) groups excluding carboxylic acids is 2. The molecule has 0 aliphatic rings. The van der Waals surface area contributed by atoms with Crippen LogP contribution in [0.3, 0.4) is 0 Å². The minimum Gasteiger partial charge on any atom is -0.495 e. The van der Waals surface area contributed by atoms with Gasteiger partial charge < -0.3 is 10.1 Å². The number of benzene rings is 2. The molecule has 6 nitrogen and oxygen atoms in total. The van der Waals surface area contributed by atoms with E-state index < -0.39 is 11.8 Å². The van der Waals surface area contributed by atoms with Gasteiger partial charge >= 0.3 is 11.8 Å². The fourth-order valence-electron chi connectivity index (χ4n) is 1.68.